The van der Waals surface area contributed by atoms with Crippen LogP contribution in [0.5, 0.6) is 0 Å². The van der Waals surface area contributed by atoms with E-state index in [2.05, 4.69) is 36.1 Å². The van der Waals surface area contributed by atoms with E-state index in [0.29, 0.717) is 35.0 Å². The molecule has 1 aromatic heterocycles. The minimum atomic E-state index is -0.550. The number of allylic oxidation sites excluding steroid dienone is 2. The van der Waals surface area contributed by atoms with Gasteiger partial charge in [-0.3, -0.25) is 9.59 Å². The Morgan fingerprint density at radius 1 is 1.20 bits per heavy atom. The lowest BCUT2D eigenvalue weighted by Gasteiger charge is -2.38. The van der Waals surface area contributed by atoms with Crippen LogP contribution in [0.1, 0.15) is 63.5 Å². The second-order valence-electron chi connectivity index (χ2n) is 8.78. The molecule has 2 aliphatic rings. The SMILES string of the molecule is CCCCSc1nc2c(c(=O)[nH]1)[C@H](c1ccc(F)cc1)C1=C(CC(C)(C)CC1=O)N2. The van der Waals surface area contributed by atoms with Gasteiger partial charge < -0.3 is 10.3 Å². The number of thioether (sulfide) groups is 1. The van der Waals surface area contributed by atoms with E-state index >= 15 is 0 Å². The molecule has 2 N–H and O–H groups in total. The number of rotatable bonds is 5. The van der Waals surface area contributed by atoms with Crippen molar-refractivity contribution in [3.05, 3.63) is 62.8 Å². The normalized spacial score (nSPS) is 19.9. The molecule has 158 valence electrons. The van der Waals surface area contributed by atoms with Crippen molar-refractivity contribution in [2.24, 2.45) is 5.41 Å². The van der Waals surface area contributed by atoms with E-state index in [1.807, 2.05) is 0 Å². The van der Waals surface area contributed by atoms with Gasteiger partial charge in [-0.25, -0.2) is 9.37 Å². The Kier molecular flexibility index (Phi) is 5.57. The van der Waals surface area contributed by atoms with E-state index in [-0.39, 0.29) is 22.6 Å². The van der Waals surface area contributed by atoms with E-state index in [1.54, 1.807) is 12.1 Å². The number of ketones is 1. The highest BCUT2D eigenvalue weighted by molar-refractivity contribution is 7.99. The van der Waals surface area contributed by atoms with Crippen molar-refractivity contribution in [1.82, 2.24) is 9.97 Å². The van der Waals surface area contributed by atoms with E-state index in [9.17, 15) is 14.0 Å². The number of nitrogens with zero attached hydrogens (tertiary/aromatic N) is 1. The fourth-order valence-corrected chi connectivity index (χ4v) is 5.21. The molecule has 1 aliphatic carbocycles. The summed E-state index contributed by atoms with van der Waals surface area (Å²) < 4.78 is 13.6. The molecule has 5 nitrogen and oxygen atoms in total. The molecule has 30 heavy (non-hydrogen) atoms. The summed E-state index contributed by atoms with van der Waals surface area (Å²) >= 11 is 1.52. The highest BCUT2D eigenvalue weighted by Crippen LogP contribution is 2.47. The van der Waals surface area contributed by atoms with Crippen LogP contribution in [0.4, 0.5) is 10.2 Å². The summed E-state index contributed by atoms with van der Waals surface area (Å²) in [6.07, 6.45) is 3.21. The highest BCUT2D eigenvalue weighted by Gasteiger charge is 2.42. The average molecular weight is 428 g/mol. The molecule has 0 unspecified atom stereocenters. The first-order valence-corrected chi connectivity index (χ1v) is 11.3. The zero-order valence-corrected chi connectivity index (χ0v) is 18.3. The van der Waals surface area contributed by atoms with Crippen LogP contribution in [-0.4, -0.2) is 21.5 Å². The molecule has 0 spiro atoms. The van der Waals surface area contributed by atoms with Crippen LogP contribution in [0.2, 0.25) is 0 Å². The number of unbranched alkanes of at least 4 members (excludes halogenated alkanes) is 1. The van der Waals surface area contributed by atoms with Crippen LogP contribution < -0.4 is 10.9 Å². The summed E-state index contributed by atoms with van der Waals surface area (Å²) in [5.41, 5.74) is 2.14. The molecule has 0 bridgehead atoms. The van der Waals surface area contributed by atoms with Gasteiger partial charge in [-0.1, -0.05) is 51.1 Å². The second kappa shape index (κ2) is 8.02. The zero-order chi connectivity index (χ0) is 21.5. The number of H-pyrrole nitrogens is 1. The summed E-state index contributed by atoms with van der Waals surface area (Å²) in [5.74, 6) is 0.490. The molecular formula is C23H26FN3O2S. The number of hydrogen-bond donors (Lipinski definition) is 2. The van der Waals surface area contributed by atoms with Gasteiger partial charge in [-0.05, 0) is 36.0 Å². The monoisotopic (exact) mass is 427 g/mol. The maximum atomic E-state index is 13.6. The number of carbonyl (C=O) groups is 1. The van der Waals surface area contributed by atoms with Gasteiger partial charge in [0.05, 0.1) is 5.56 Å². The molecule has 4 rings (SSSR count). The number of fused-ring (bicyclic) bond motifs is 1. The predicted molar refractivity (Wildman–Crippen MR) is 117 cm³/mol. The molecule has 7 heteroatoms. The van der Waals surface area contributed by atoms with E-state index in [0.717, 1.165) is 29.9 Å². The summed E-state index contributed by atoms with van der Waals surface area (Å²) in [6.45, 7) is 6.25. The lowest BCUT2D eigenvalue weighted by molar-refractivity contribution is -0.118. The van der Waals surface area contributed by atoms with Crippen LogP contribution in [0, 0.1) is 11.2 Å². The number of halogens is 1. The second-order valence-corrected chi connectivity index (χ2v) is 9.86. The number of aromatic amines is 1. The van der Waals surface area contributed by atoms with Gasteiger partial charge in [-0.15, -0.1) is 0 Å². The Labute approximate surface area is 179 Å². The first kappa shape index (κ1) is 20.8. The number of hydrogen-bond acceptors (Lipinski definition) is 5. The smallest absolute Gasteiger partial charge is 0.257 e. The lowest BCUT2D eigenvalue weighted by Crippen LogP contribution is -2.37. The molecule has 1 aliphatic heterocycles. The lowest BCUT2D eigenvalue weighted by atomic mass is 9.69. The Balaban J connectivity index is 1.86. The third kappa shape index (κ3) is 3.95. The van der Waals surface area contributed by atoms with Gasteiger partial charge in [0.2, 0.25) is 0 Å². The topological polar surface area (TPSA) is 74.8 Å². The van der Waals surface area contributed by atoms with E-state index in [1.165, 1.54) is 23.9 Å². The molecule has 1 atom stereocenters. The van der Waals surface area contributed by atoms with Crippen molar-refractivity contribution in [3.8, 4) is 0 Å². The number of Topliss-reactive ketones (excluding diaryl/α,β-unsaturated/α-hetero) is 1. The Hall–Kier alpha value is -2.41. The minimum absolute atomic E-state index is 0.0227. The Morgan fingerprint density at radius 3 is 2.63 bits per heavy atom. The maximum absolute atomic E-state index is 13.6. The molecule has 2 aromatic rings. The molecule has 0 saturated heterocycles. The zero-order valence-electron chi connectivity index (χ0n) is 17.5. The summed E-state index contributed by atoms with van der Waals surface area (Å²) in [6, 6.07) is 6.03. The largest absolute Gasteiger partial charge is 0.343 e. The number of anilines is 1. The molecule has 0 fully saturated rings. The van der Waals surface area contributed by atoms with Gasteiger partial charge in [0.1, 0.15) is 11.6 Å². The summed E-state index contributed by atoms with van der Waals surface area (Å²) in [7, 11) is 0. The highest BCUT2D eigenvalue weighted by atomic mass is 32.2. The fraction of sp³-hybridized carbons (Fsp3) is 0.435. The van der Waals surface area contributed by atoms with Crippen molar-refractivity contribution in [2.45, 2.75) is 57.5 Å². The third-order valence-electron chi connectivity index (χ3n) is 5.64. The Bertz CT molecular complexity index is 1070. The number of nitrogens with one attached hydrogen (secondary N) is 2. The van der Waals surface area contributed by atoms with Crippen LogP contribution in [0.15, 0.2) is 45.5 Å². The molecule has 1 aromatic carbocycles. The van der Waals surface area contributed by atoms with Gasteiger partial charge in [-0.2, -0.15) is 0 Å². The van der Waals surface area contributed by atoms with Gasteiger partial charge in [0.15, 0.2) is 10.9 Å². The van der Waals surface area contributed by atoms with Crippen LogP contribution >= 0.6 is 11.8 Å². The fourth-order valence-electron chi connectivity index (χ4n) is 4.26. The summed E-state index contributed by atoms with van der Waals surface area (Å²) in [4.78, 5) is 33.8. The van der Waals surface area contributed by atoms with Crippen molar-refractivity contribution >= 4 is 23.4 Å². The molecule has 0 amide bonds. The van der Waals surface area contributed by atoms with Crippen LogP contribution in [-0.2, 0) is 4.79 Å². The standard InChI is InChI=1S/C23H26FN3O2S/c1-4-5-10-30-22-26-20-19(21(29)27-22)17(13-6-8-14(24)9-7-13)18-15(25-20)11-23(2,3)12-16(18)28/h6-9,17H,4-5,10-12H2,1-3H3,(H2,25,26,27,29)/t17-/m1/s1. The maximum Gasteiger partial charge on any atom is 0.257 e. The van der Waals surface area contributed by atoms with Crippen LogP contribution in [0.3, 0.4) is 0 Å². The van der Waals surface area contributed by atoms with Gasteiger partial charge in [0.25, 0.3) is 5.56 Å². The van der Waals surface area contributed by atoms with E-state index in [4.69, 9.17) is 0 Å². The number of aromatic nitrogens is 2. The van der Waals surface area contributed by atoms with Crippen molar-refractivity contribution in [1.29, 1.82) is 0 Å². The average Bonchev–Trinajstić information content (AvgIpc) is 2.66. The summed E-state index contributed by atoms with van der Waals surface area (Å²) in [5, 5.41) is 3.88. The van der Waals surface area contributed by atoms with Gasteiger partial charge in [0, 0.05) is 29.4 Å². The van der Waals surface area contributed by atoms with E-state index < -0.39 is 5.92 Å². The molecule has 2 heterocycles. The van der Waals surface area contributed by atoms with Crippen molar-refractivity contribution in [3.63, 3.8) is 0 Å². The van der Waals surface area contributed by atoms with Crippen LogP contribution in [0.25, 0.3) is 0 Å². The van der Waals surface area contributed by atoms with Gasteiger partial charge >= 0.3 is 0 Å². The Morgan fingerprint density at radius 2 is 1.93 bits per heavy atom. The minimum Gasteiger partial charge on any atom is -0.343 e. The first-order valence-electron chi connectivity index (χ1n) is 10.3. The molecular weight excluding hydrogens is 401 g/mol. The molecule has 0 radical (unpaired) electrons. The van der Waals surface area contributed by atoms with Crippen molar-refractivity contribution in [2.75, 3.05) is 11.1 Å². The number of benzene rings is 1. The van der Waals surface area contributed by atoms with Crippen molar-refractivity contribution < 1.29 is 9.18 Å². The third-order valence-corrected chi connectivity index (χ3v) is 6.60. The number of carbonyl (C=O) groups excluding carboxylic acids is 1. The predicted octanol–water partition coefficient (Wildman–Crippen LogP) is 5.00. The first-order chi connectivity index (χ1) is 14.3. The quantitative estimate of drug-likeness (QED) is 0.399. The molecule has 0 saturated carbocycles.